The summed E-state index contributed by atoms with van der Waals surface area (Å²) < 4.78 is 26.4. The second-order valence-corrected chi connectivity index (χ2v) is 6.31. The molecule has 16 heavy (non-hydrogen) atoms. The number of alkyl halides is 1. The maximum Gasteiger partial charge on any atom is 0.242 e. The van der Waals surface area contributed by atoms with Crippen molar-refractivity contribution < 1.29 is 8.42 Å². The minimum Gasteiger partial charge on any atom is -0.208 e. The Morgan fingerprint density at radius 2 is 2.06 bits per heavy atom. The molecule has 0 aromatic heterocycles. The van der Waals surface area contributed by atoms with Crippen LogP contribution in [0, 0.1) is 0 Å². The summed E-state index contributed by atoms with van der Waals surface area (Å²) in [7, 11) is -3.52. The van der Waals surface area contributed by atoms with Crippen molar-refractivity contribution in [3.8, 4) is 0 Å². The van der Waals surface area contributed by atoms with E-state index in [0.29, 0.717) is 0 Å². The molecule has 0 heterocycles. The second kappa shape index (κ2) is 6.00. The molecule has 0 fully saturated rings. The number of benzene rings is 1. The second-order valence-electron chi connectivity index (χ2n) is 3.43. The summed E-state index contributed by atoms with van der Waals surface area (Å²) in [5, 5.41) is 0.986. The summed E-state index contributed by atoms with van der Waals surface area (Å²) >= 11 is 9.11. The van der Waals surface area contributed by atoms with Gasteiger partial charge >= 0.3 is 0 Å². The van der Waals surface area contributed by atoms with Crippen molar-refractivity contribution in [2.24, 2.45) is 0 Å². The fourth-order valence-corrected chi connectivity index (χ4v) is 3.70. The topological polar surface area (TPSA) is 46.2 Å². The Kier molecular flexibility index (Phi) is 5.24. The minimum absolute atomic E-state index is 0.123. The zero-order chi connectivity index (χ0) is 12.2. The molecule has 0 aliphatic heterocycles. The molecule has 1 rings (SSSR count). The van der Waals surface area contributed by atoms with Crippen LogP contribution in [0.1, 0.15) is 13.3 Å². The van der Waals surface area contributed by atoms with Gasteiger partial charge in [-0.05, 0) is 25.5 Å². The summed E-state index contributed by atoms with van der Waals surface area (Å²) in [6, 6.07) is 6.27. The van der Waals surface area contributed by atoms with Gasteiger partial charge in [-0.1, -0.05) is 39.7 Å². The average molecular weight is 327 g/mol. The van der Waals surface area contributed by atoms with Gasteiger partial charge in [-0.2, -0.15) is 0 Å². The van der Waals surface area contributed by atoms with Crippen LogP contribution in [0.4, 0.5) is 0 Å². The van der Waals surface area contributed by atoms with Crippen LogP contribution in [-0.4, -0.2) is 19.8 Å². The van der Waals surface area contributed by atoms with Crippen molar-refractivity contribution in [3.05, 3.63) is 29.3 Å². The Balaban J connectivity index is 2.91. The SMILES string of the molecule is CC(CCBr)NS(=O)(=O)c1ccccc1Cl. The number of rotatable bonds is 5. The maximum atomic E-state index is 11.9. The Hall–Kier alpha value is -0.100. The van der Waals surface area contributed by atoms with Gasteiger partial charge in [0, 0.05) is 11.4 Å². The Labute approximate surface area is 109 Å². The fourth-order valence-electron chi connectivity index (χ4n) is 1.21. The van der Waals surface area contributed by atoms with Crippen molar-refractivity contribution in [2.45, 2.75) is 24.3 Å². The average Bonchev–Trinajstić information content (AvgIpc) is 2.17. The molecule has 1 aromatic rings. The zero-order valence-corrected chi connectivity index (χ0v) is 11.9. The number of nitrogens with one attached hydrogen (secondary N) is 1. The lowest BCUT2D eigenvalue weighted by molar-refractivity contribution is 0.557. The van der Waals surface area contributed by atoms with E-state index in [-0.39, 0.29) is 16.0 Å². The van der Waals surface area contributed by atoms with E-state index in [2.05, 4.69) is 20.7 Å². The molecule has 1 aromatic carbocycles. The smallest absolute Gasteiger partial charge is 0.208 e. The predicted molar refractivity (Wildman–Crippen MR) is 69.6 cm³/mol. The molecule has 90 valence electrons. The van der Waals surface area contributed by atoms with Gasteiger partial charge in [0.15, 0.2) is 0 Å². The van der Waals surface area contributed by atoms with Crippen LogP contribution in [0.2, 0.25) is 5.02 Å². The standard InChI is InChI=1S/C10H13BrClNO2S/c1-8(6-7-11)13-16(14,15)10-5-3-2-4-9(10)12/h2-5,8,13H,6-7H2,1H3. The fraction of sp³-hybridized carbons (Fsp3) is 0.400. The van der Waals surface area contributed by atoms with E-state index in [1.807, 2.05) is 6.92 Å². The van der Waals surface area contributed by atoms with Crippen LogP contribution in [0.5, 0.6) is 0 Å². The maximum absolute atomic E-state index is 11.9. The van der Waals surface area contributed by atoms with E-state index in [1.165, 1.54) is 6.07 Å². The van der Waals surface area contributed by atoms with Crippen LogP contribution in [-0.2, 0) is 10.0 Å². The van der Waals surface area contributed by atoms with E-state index in [1.54, 1.807) is 18.2 Å². The van der Waals surface area contributed by atoms with Gasteiger partial charge in [0.05, 0.1) is 5.02 Å². The molecular formula is C10H13BrClNO2S. The molecule has 0 aliphatic rings. The summed E-state index contributed by atoms with van der Waals surface area (Å²) in [5.74, 6) is 0. The summed E-state index contributed by atoms with van der Waals surface area (Å²) in [6.45, 7) is 1.82. The Morgan fingerprint density at radius 3 is 2.62 bits per heavy atom. The molecule has 0 saturated carbocycles. The molecule has 0 saturated heterocycles. The molecule has 3 nitrogen and oxygen atoms in total. The lowest BCUT2D eigenvalue weighted by atomic mass is 10.3. The van der Waals surface area contributed by atoms with Gasteiger partial charge in [0.2, 0.25) is 10.0 Å². The van der Waals surface area contributed by atoms with Crippen molar-refractivity contribution in [1.82, 2.24) is 4.72 Å². The van der Waals surface area contributed by atoms with Crippen molar-refractivity contribution in [2.75, 3.05) is 5.33 Å². The summed E-state index contributed by atoms with van der Waals surface area (Å²) in [5.41, 5.74) is 0. The van der Waals surface area contributed by atoms with Gasteiger partial charge in [0.1, 0.15) is 4.90 Å². The highest BCUT2D eigenvalue weighted by Gasteiger charge is 2.19. The van der Waals surface area contributed by atoms with Crippen LogP contribution in [0.3, 0.4) is 0 Å². The van der Waals surface area contributed by atoms with Gasteiger partial charge < -0.3 is 0 Å². The predicted octanol–water partition coefficient (Wildman–Crippen LogP) is 2.79. The first-order valence-electron chi connectivity index (χ1n) is 4.80. The van der Waals surface area contributed by atoms with E-state index in [0.717, 1.165) is 11.8 Å². The summed E-state index contributed by atoms with van der Waals surface area (Å²) in [6.07, 6.45) is 0.726. The van der Waals surface area contributed by atoms with Crippen molar-refractivity contribution in [1.29, 1.82) is 0 Å². The molecule has 0 radical (unpaired) electrons. The number of hydrogen-bond acceptors (Lipinski definition) is 2. The third-order valence-corrected chi connectivity index (χ3v) is 4.57. The van der Waals surface area contributed by atoms with E-state index < -0.39 is 10.0 Å². The minimum atomic E-state index is -3.52. The van der Waals surface area contributed by atoms with Crippen LogP contribution in [0.25, 0.3) is 0 Å². The highest BCUT2D eigenvalue weighted by Crippen LogP contribution is 2.20. The Bertz CT molecular complexity index is 450. The third-order valence-electron chi connectivity index (χ3n) is 2.02. The molecular weight excluding hydrogens is 314 g/mol. The molecule has 1 atom stereocenters. The van der Waals surface area contributed by atoms with Gasteiger partial charge in [-0.15, -0.1) is 0 Å². The number of halogens is 2. The molecule has 0 aliphatic carbocycles. The monoisotopic (exact) mass is 325 g/mol. The Morgan fingerprint density at radius 1 is 1.44 bits per heavy atom. The zero-order valence-electron chi connectivity index (χ0n) is 8.78. The largest absolute Gasteiger partial charge is 0.242 e. The van der Waals surface area contributed by atoms with Crippen LogP contribution >= 0.6 is 27.5 Å². The summed E-state index contributed by atoms with van der Waals surface area (Å²) in [4.78, 5) is 0.123. The van der Waals surface area contributed by atoms with Crippen molar-refractivity contribution >= 4 is 37.6 Å². The quantitative estimate of drug-likeness (QED) is 0.846. The molecule has 1 unspecified atom stereocenters. The lowest BCUT2D eigenvalue weighted by Crippen LogP contribution is -2.32. The first-order chi connectivity index (χ1) is 7.47. The lowest BCUT2D eigenvalue weighted by Gasteiger charge is -2.13. The van der Waals surface area contributed by atoms with Crippen LogP contribution in [0.15, 0.2) is 29.2 Å². The van der Waals surface area contributed by atoms with Gasteiger partial charge in [-0.25, -0.2) is 13.1 Å². The van der Waals surface area contributed by atoms with Crippen LogP contribution < -0.4 is 4.72 Å². The third kappa shape index (κ3) is 3.73. The van der Waals surface area contributed by atoms with E-state index in [9.17, 15) is 8.42 Å². The van der Waals surface area contributed by atoms with E-state index in [4.69, 9.17) is 11.6 Å². The van der Waals surface area contributed by atoms with Gasteiger partial charge in [0.25, 0.3) is 0 Å². The molecule has 1 N–H and O–H groups in total. The van der Waals surface area contributed by atoms with Crippen molar-refractivity contribution in [3.63, 3.8) is 0 Å². The van der Waals surface area contributed by atoms with E-state index >= 15 is 0 Å². The normalized spacial score (nSPS) is 13.7. The first-order valence-corrected chi connectivity index (χ1v) is 7.78. The highest BCUT2D eigenvalue weighted by atomic mass is 79.9. The number of sulfonamides is 1. The molecule has 0 amide bonds. The van der Waals surface area contributed by atoms with Gasteiger partial charge in [-0.3, -0.25) is 0 Å². The first kappa shape index (κ1) is 14.0. The molecule has 0 bridgehead atoms. The molecule has 0 spiro atoms. The highest BCUT2D eigenvalue weighted by molar-refractivity contribution is 9.09. The molecule has 6 heteroatoms. The number of hydrogen-bond donors (Lipinski definition) is 1.